The van der Waals surface area contributed by atoms with Gasteiger partial charge in [-0.15, -0.1) is 11.8 Å². The predicted molar refractivity (Wildman–Crippen MR) is 92.7 cm³/mol. The van der Waals surface area contributed by atoms with Gasteiger partial charge in [-0.3, -0.25) is 0 Å². The molecule has 1 aliphatic heterocycles. The minimum Gasteiger partial charge on any atom is -0.230 e. The summed E-state index contributed by atoms with van der Waals surface area (Å²) >= 11 is 13.6. The van der Waals surface area contributed by atoms with Crippen LogP contribution in [0.4, 0.5) is 0 Å². The standard InChI is InChI=1S/C14H12BrClN2S2/c15-11-12(9-4-2-1-3-5-9)17-14(18-13(11)16)10-8-19-6-7-20-10/h1-5,10H,6-8H2. The number of aromatic nitrogens is 2. The minimum atomic E-state index is 0.335. The van der Waals surface area contributed by atoms with Gasteiger partial charge in [0.1, 0.15) is 11.0 Å². The number of rotatable bonds is 2. The van der Waals surface area contributed by atoms with E-state index in [1.165, 1.54) is 5.75 Å². The summed E-state index contributed by atoms with van der Waals surface area (Å²) in [5, 5.41) is 0.826. The summed E-state index contributed by atoms with van der Waals surface area (Å²) in [4.78, 5) is 9.21. The molecule has 0 aliphatic carbocycles. The second-order valence-electron chi connectivity index (χ2n) is 4.34. The lowest BCUT2D eigenvalue weighted by atomic mass is 10.1. The molecule has 1 unspecified atom stereocenters. The van der Waals surface area contributed by atoms with Gasteiger partial charge in [-0.05, 0) is 15.9 Å². The minimum absolute atomic E-state index is 0.335. The summed E-state index contributed by atoms with van der Waals surface area (Å²) in [6.07, 6.45) is 0. The Kier molecular flexibility index (Phi) is 4.91. The smallest absolute Gasteiger partial charge is 0.147 e. The first kappa shape index (κ1) is 14.7. The van der Waals surface area contributed by atoms with Crippen LogP contribution < -0.4 is 0 Å². The summed E-state index contributed by atoms with van der Waals surface area (Å²) in [5.41, 5.74) is 1.93. The third kappa shape index (κ3) is 3.16. The molecule has 2 aromatic rings. The first-order valence-corrected chi connectivity index (χ1v) is 9.61. The highest BCUT2D eigenvalue weighted by Gasteiger charge is 2.22. The molecule has 104 valence electrons. The molecule has 2 nitrogen and oxygen atoms in total. The molecule has 6 heteroatoms. The van der Waals surface area contributed by atoms with Crippen LogP contribution in [0.1, 0.15) is 11.1 Å². The van der Waals surface area contributed by atoms with Crippen molar-refractivity contribution >= 4 is 51.1 Å². The van der Waals surface area contributed by atoms with Crippen LogP contribution in [0.3, 0.4) is 0 Å². The Labute approximate surface area is 140 Å². The number of halogens is 2. The monoisotopic (exact) mass is 386 g/mol. The predicted octanol–water partition coefficient (Wildman–Crippen LogP) is 5.08. The lowest BCUT2D eigenvalue weighted by Gasteiger charge is -2.20. The van der Waals surface area contributed by atoms with Crippen molar-refractivity contribution in [2.75, 3.05) is 17.3 Å². The van der Waals surface area contributed by atoms with E-state index in [-0.39, 0.29) is 0 Å². The highest BCUT2D eigenvalue weighted by molar-refractivity contribution is 9.10. The largest absolute Gasteiger partial charge is 0.230 e. The number of thioether (sulfide) groups is 2. The van der Waals surface area contributed by atoms with Gasteiger partial charge in [-0.2, -0.15) is 11.8 Å². The summed E-state index contributed by atoms with van der Waals surface area (Å²) in [6.45, 7) is 0. The molecule has 3 rings (SSSR count). The summed E-state index contributed by atoms with van der Waals surface area (Å²) in [6, 6.07) is 10.1. The first-order chi connectivity index (χ1) is 9.75. The van der Waals surface area contributed by atoms with Gasteiger partial charge < -0.3 is 0 Å². The molecule has 20 heavy (non-hydrogen) atoms. The van der Waals surface area contributed by atoms with Crippen molar-refractivity contribution in [3.8, 4) is 11.3 Å². The molecule has 1 fully saturated rings. The van der Waals surface area contributed by atoms with Crippen LogP contribution in [0.5, 0.6) is 0 Å². The number of hydrogen-bond acceptors (Lipinski definition) is 4. The van der Waals surface area contributed by atoms with Gasteiger partial charge in [-0.25, -0.2) is 9.97 Å². The van der Waals surface area contributed by atoms with Crippen LogP contribution in [0, 0.1) is 0 Å². The van der Waals surface area contributed by atoms with Crippen molar-refractivity contribution in [1.82, 2.24) is 9.97 Å². The maximum atomic E-state index is 6.27. The van der Waals surface area contributed by atoms with E-state index < -0.39 is 0 Å². The van der Waals surface area contributed by atoms with Gasteiger partial charge >= 0.3 is 0 Å². The third-order valence-electron chi connectivity index (χ3n) is 2.98. The Morgan fingerprint density at radius 1 is 1.15 bits per heavy atom. The van der Waals surface area contributed by atoms with Crippen molar-refractivity contribution in [1.29, 1.82) is 0 Å². The molecule has 0 radical (unpaired) electrons. The van der Waals surface area contributed by atoms with Gasteiger partial charge in [0.2, 0.25) is 0 Å². The SMILES string of the molecule is Clc1nc(C2CSCCS2)nc(-c2ccccc2)c1Br. The molecule has 1 atom stereocenters. The van der Waals surface area contributed by atoms with Gasteiger partial charge in [0.15, 0.2) is 0 Å². The molecule has 1 saturated heterocycles. The summed E-state index contributed by atoms with van der Waals surface area (Å²) in [5.74, 6) is 4.25. The van der Waals surface area contributed by atoms with Crippen LogP contribution >= 0.6 is 51.1 Å². The normalized spacial score (nSPS) is 19.0. The topological polar surface area (TPSA) is 25.8 Å². The van der Waals surface area contributed by atoms with Crippen LogP contribution in [0.25, 0.3) is 11.3 Å². The molecule has 1 aromatic heterocycles. The fraction of sp³-hybridized carbons (Fsp3) is 0.286. The molecular formula is C14H12BrClN2S2. The molecule has 0 N–H and O–H groups in total. The molecule has 2 heterocycles. The van der Waals surface area contributed by atoms with E-state index in [1.54, 1.807) is 0 Å². The Hall–Kier alpha value is -0.230. The van der Waals surface area contributed by atoms with E-state index >= 15 is 0 Å². The maximum Gasteiger partial charge on any atom is 0.147 e. The van der Waals surface area contributed by atoms with E-state index in [4.69, 9.17) is 16.6 Å². The zero-order chi connectivity index (χ0) is 13.9. The quantitative estimate of drug-likeness (QED) is 0.671. The molecule has 0 saturated carbocycles. The van der Waals surface area contributed by atoms with E-state index in [2.05, 4.69) is 20.9 Å². The van der Waals surface area contributed by atoms with Gasteiger partial charge in [0.05, 0.1) is 15.4 Å². The Balaban J connectivity index is 2.03. The number of benzene rings is 1. The zero-order valence-corrected chi connectivity index (χ0v) is 14.5. The van der Waals surface area contributed by atoms with Crippen molar-refractivity contribution < 1.29 is 0 Å². The van der Waals surface area contributed by atoms with Gasteiger partial charge in [-0.1, -0.05) is 41.9 Å². The fourth-order valence-electron chi connectivity index (χ4n) is 2.00. The van der Waals surface area contributed by atoms with E-state index in [0.29, 0.717) is 10.4 Å². The Morgan fingerprint density at radius 2 is 1.95 bits per heavy atom. The number of hydrogen-bond donors (Lipinski definition) is 0. The molecule has 1 aliphatic rings. The zero-order valence-electron chi connectivity index (χ0n) is 10.6. The van der Waals surface area contributed by atoms with Crippen LogP contribution in [-0.2, 0) is 0 Å². The van der Waals surface area contributed by atoms with Gasteiger partial charge in [0.25, 0.3) is 0 Å². The summed E-state index contributed by atoms with van der Waals surface area (Å²) < 4.78 is 0.766. The average Bonchev–Trinajstić information content (AvgIpc) is 2.51. The molecular weight excluding hydrogens is 376 g/mol. The average molecular weight is 388 g/mol. The van der Waals surface area contributed by atoms with Crippen molar-refractivity contribution in [2.45, 2.75) is 5.25 Å². The highest BCUT2D eigenvalue weighted by atomic mass is 79.9. The van der Waals surface area contributed by atoms with Crippen LogP contribution in [0.15, 0.2) is 34.8 Å². The van der Waals surface area contributed by atoms with E-state index in [1.807, 2.05) is 53.9 Å². The molecule has 0 spiro atoms. The van der Waals surface area contributed by atoms with Crippen LogP contribution in [0.2, 0.25) is 5.15 Å². The Bertz CT molecular complexity index is 604. The maximum absolute atomic E-state index is 6.27. The molecule has 0 bridgehead atoms. The summed E-state index contributed by atoms with van der Waals surface area (Å²) in [7, 11) is 0. The number of nitrogens with zero attached hydrogens (tertiary/aromatic N) is 2. The van der Waals surface area contributed by atoms with E-state index in [0.717, 1.165) is 33.1 Å². The highest BCUT2D eigenvalue weighted by Crippen LogP contribution is 2.38. The lowest BCUT2D eigenvalue weighted by molar-refractivity contribution is 0.923. The van der Waals surface area contributed by atoms with Crippen molar-refractivity contribution in [3.63, 3.8) is 0 Å². The lowest BCUT2D eigenvalue weighted by Crippen LogP contribution is -2.11. The van der Waals surface area contributed by atoms with Crippen molar-refractivity contribution in [2.24, 2.45) is 0 Å². The second-order valence-corrected chi connectivity index (χ2v) is 7.95. The molecule has 1 aromatic carbocycles. The van der Waals surface area contributed by atoms with Crippen molar-refractivity contribution in [3.05, 3.63) is 45.8 Å². The Morgan fingerprint density at radius 3 is 2.65 bits per heavy atom. The molecule has 0 amide bonds. The van der Waals surface area contributed by atoms with Crippen LogP contribution in [-0.4, -0.2) is 27.2 Å². The second kappa shape index (κ2) is 6.69. The fourth-order valence-corrected chi connectivity index (χ4v) is 5.19. The van der Waals surface area contributed by atoms with E-state index in [9.17, 15) is 0 Å². The third-order valence-corrected chi connectivity index (χ3v) is 6.98. The first-order valence-electron chi connectivity index (χ1n) is 6.23. The van der Waals surface area contributed by atoms with Gasteiger partial charge in [0, 0.05) is 22.8 Å².